The van der Waals surface area contributed by atoms with Gasteiger partial charge in [0, 0.05) is 43.9 Å². The SMILES string of the molecule is CN1CCN(C2=C=Cc3cc(C(F)(F)F)c(F)cc3N3C=CC=[N+]=C23)CC1. The monoisotopic (exact) mass is 377 g/mol. The molecule has 0 radical (unpaired) electrons. The van der Waals surface area contributed by atoms with Gasteiger partial charge in [0.2, 0.25) is 0 Å². The fraction of sp³-hybridized carbons (Fsp3) is 0.316. The predicted octanol–water partition coefficient (Wildman–Crippen LogP) is 2.47. The second-order valence-electron chi connectivity index (χ2n) is 6.63. The molecule has 1 aromatic carbocycles. The third-order valence-electron chi connectivity index (χ3n) is 4.82. The fourth-order valence-corrected chi connectivity index (χ4v) is 3.34. The molecule has 0 saturated carbocycles. The molecule has 0 N–H and O–H groups in total. The summed E-state index contributed by atoms with van der Waals surface area (Å²) in [6.07, 6.45) is 1.66. The Bertz CT molecular complexity index is 939. The highest BCUT2D eigenvalue weighted by molar-refractivity contribution is 6.14. The number of halogens is 4. The van der Waals surface area contributed by atoms with Crippen LogP contribution in [0.15, 0.2) is 35.8 Å². The third kappa shape index (κ3) is 3.19. The van der Waals surface area contributed by atoms with Crippen LogP contribution in [0.2, 0.25) is 0 Å². The summed E-state index contributed by atoms with van der Waals surface area (Å²) in [6.45, 7) is 3.22. The molecule has 3 aliphatic heterocycles. The summed E-state index contributed by atoms with van der Waals surface area (Å²) in [5, 5.41) is 0. The first-order valence-corrected chi connectivity index (χ1v) is 8.53. The van der Waals surface area contributed by atoms with Crippen LogP contribution in [0.4, 0.5) is 23.2 Å². The van der Waals surface area contributed by atoms with Crippen LogP contribution in [-0.4, -0.2) is 55.1 Å². The maximum Gasteiger partial charge on any atom is 0.419 e. The van der Waals surface area contributed by atoms with E-state index in [9.17, 15) is 17.6 Å². The van der Waals surface area contributed by atoms with E-state index >= 15 is 0 Å². The molecule has 4 rings (SSSR count). The molecule has 1 fully saturated rings. The quantitative estimate of drug-likeness (QED) is 0.427. The van der Waals surface area contributed by atoms with Crippen molar-refractivity contribution in [3.8, 4) is 0 Å². The van der Waals surface area contributed by atoms with Crippen molar-refractivity contribution in [2.75, 3.05) is 38.1 Å². The van der Waals surface area contributed by atoms with E-state index in [1.165, 1.54) is 6.08 Å². The van der Waals surface area contributed by atoms with E-state index in [0.717, 1.165) is 38.3 Å². The van der Waals surface area contributed by atoms with E-state index in [1.807, 2.05) is 7.05 Å². The van der Waals surface area contributed by atoms with Gasteiger partial charge in [-0.3, -0.25) is 0 Å². The summed E-state index contributed by atoms with van der Waals surface area (Å²) >= 11 is 0. The largest absolute Gasteiger partial charge is 0.419 e. The summed E-state index contributed by atoms with van der Waals surface area (Å²) in [4.78, 5) is 5.91. The van der Waals surface area contributed by atoms with Gasteiger partial charge in [-0.15, -0.1) is 0 Å². The Kier molecular flexibility index (Phi) is 4.19. The van der Waals surface area contributed by atoms with Gasteiger partial charge in [-0.05, 0) is 19.2 Å². The zero-order valence-electron chi connectivity index (χ0n) is 14.6. The highest BCUT2D eigenvalue weighted by Crippen LogP contribution is 2.37. The van der Waals surface area contributed by atoms with Gasteiger partial charge in [0.05, 0.1) is 5.56 Å². The summed E-state index contributed by atoms with van der Waals surface area (Å²) in [5.41, 5.74) is 3.06. The maximum atomic E-state index is 14.2. The lowest BCUT2D eigenvalue weighted by atomic mass is 10.1. The van der Waals surface area contributed by atoms with Gasteiger partial charge < -0.3 is 9.80 Å². The molecular formula is C19H17F4N4+. The first-order chi connectivity index (χ1) is 12.8. The number of rotatable bonds is 1. The molecule has 0 unspecified atom stereocenters. The van der Waals surface area contributed by atoms with Crippen molar-refractivity contribution in [2.24, 2.45) is 0 Å². The van der Waals surface area contributed by atoms with Gasteiger partial charge in [-0.1, -0.05) is 5.73 Å². The van der Waals surface area contributed by atoms with Crippen molar-refractivity contribution in [3.05, 3.63) is 52.8 Å². The van der Waals surface area contributed by atoms with Gasteiger partial charge in [0.1, 0.15) is 17.7 Å². The van der Waals surface area contributed by atoms with E-state index < -0.39 is 17.6 Å². The number of benzene rings is 1. The second kappa shape index (κ2) is 6.43. The molecule has 1 saturated heterocycles. The molecule has 0 amide bonds. The molecule has 0 aliphatic carbocycles. The number of amidine groups is 1. The molecule has 8 heteroatoms. The van der Waals surface area contributed by atoms with E-state index in [4.69, 9.17) is 0 Å². The summed E-state index contributed by atoms with van der Waals surface area (Å²) < 4.78 is 57.9. The van der Waals surface area contributed by atoms with E-state index in [2.05, 4.69) is 20.2 Å². The normalized spacial score (nSPS) is 19.4. The highest BCUT2D eigenvalue weighted by Gasteiger charge is 2.39. The number of piperazine rings is 1. The molecule has 0 spiro atoms. The molecule has 0 bridgehead atoms. The van der Waals surface area contributed by atoms with Crippen molar-refractivity contribution >= 4 is 23.8 Å². The van der Waals surface area contributed by atoms with Crippen molar-refractivity contribution in [1.82, 2.24) is 14.5 Å². The van der Waals surface area contributed by atoms with Crippen molar-refractivity contribution < 1.29 is 17.6 Å². The van der Waals surface area contributed by atoms with Crippen molar-refractivity contribution in [2.45, 2.75) is 6.18 Å². The predicted molar refractivity (Wildman–Crippen MR) is 96.8 cm³/mol. The van der Waals surface area contributed by atoms with Crippen LogP contribution in [0, 0.1) is 5.82 Å². The average Bonchev–Trinajstić information content (AvgIpc) is 2.78. The average molecular weight is 377 g/mol. The lowest BCUT2D eigenvalue weighted by molar-refractivity contribution is -0.140. The minimum absolute atomic E-state index is 0.243. The summed E-state index contributed by atoms with van der Waals surface area (Å²) in [5.74, 6) is -0.781. The Labute approximate surface area is 153 Å². The molecule has 3 aliphatic rings. The van der Waals surface area contributed by atoms with Crippen LogP contribution in [0.5, 0.6) is 0 Å². The molecule has 1 aromatic rings. The Morgan fingerprint density at radius 1 is 1.11 bits per heavy atom. The van der Waals surface area contributed by atoms with Crippen LogP contribution in [0.1, 0.15) is 11.1 Å². The Balaban J connectivity index is 1.86. The van der Waals surface area contributed by atoms with Crippen LogP contribution in [0.25, 0.3) is 6.08 Å². The number of likely N-dealkylation sites (N-methyl/N-ethyl adjacent to an activating group) is 1. The Hall–Kier alpha value is -2.79. The number of hydrogen-bond acceptors (Lipinski definition) is 3. The smallest absolute Gasteiger partial charge is 0.355 e. The Morgan fingerprint density at radius 2 is 1.85 bits per heavy atom. The van der Waals surface area contributed by atoms with Crippen LogP contribution in [0.3, 0.4) is 0 Å². The topological polar surface area (TPSA) is 23.8 Å². The lowest BCUT2D eigenvalue weighted by Crippen LogP contribution is -2.47. The molecule has 4 nitrogen and oxygen atoms in total. The van der Waals surface area contributed by atoms with Crippen LogP contribution < -0.4 is 9.57 Å². The minimum atomic E-state index is -4.76. The van der Waals surface area contributed by atoms with Gasteiger partial charge in [-0.25, -0.2) is 9.06 Å². The van der Waals surface area contributed by atoms with Crippen LogP contribution >= 0.6 is 0 Å². The fourth-order valence-electron chi connectivity index (χ4n) is 3.34. The molecular weight excluding hydrogens is 360 g/mol. The standard InChI is InChI=1S/C19H17F4N4/c1-25-7-9-26(10-8-25)16-4-3-13-11-14(19(21,22)23)15(20)12-17(13)27-6-2-5-24-18(16)27/h2-3,5-6,11-12H,7-10H2,1H3/q+1. The number of alkyl halides is 3. The van der Waals surface area contributed by atoms with Gasteiger partial charge in [0.25, 0.3) is 0 Å². The van der Waals surface area contributed by atoms with E-state index in [0.29, 0.717) is 17.2 Å². The zero-order valence-corrected chi connectivity index (χ0v) is 14.6. The van der Waals surface area contributed by atoms with Gasteiger partial charge >= 0.3 is 12.0 Å². The number of anilines is 1. The van der Waals surface area contributed by atoms with E-state index in [-0.39, 0.29) is 5.56 Å². The number of allylic oxidation sites excluding steroid dienone is 1. The molecule has 0 atom stereocenters. The van der Waals surface area contributed by atoms with E-state index in [1.54, 1.807) is 23.4 Å². The molecule has 27 heavy (non-hydrogen) atoms. The molecule has 3 heterocycles. The maximum absolute atomic E-state index is 14.2. The van der Waals surface area contributed by atoms with Crippen molar-refractivity contribution in [3.63, 3.8) is 0 Å². The first-order valence-electron chi connectivity index (χ1n) is 8.53. The zero-order chi connectivity index (χ0) is 19.2. The first kappa shape index (κ1) is 17.6. The molecule has 140 valence electrons. The van der Waals surface area contributed by atoms with Crippen molar-refractivity contribution in [1.29, 1.82) is 0 Å². The Morgan fingerprint density at radius 3 is 2.56 bits per heavy atom. The number of hydrogen-bond donors (Lipinski definition) is 0. The lowest BCUT2D eigenvalue weighted by Gasteiger charge is -2.33. The van der Waals surface area contributed by atoms with Gasteiger partial charge in [0.15, 0.2) is 11.9 Å². The summed E-state index contributed by atoms with van der Waals surface area (Å²) in [6, 6.07) is 1.74. The second-order valence-corrected chi connectivity index (χ2v) is 6.63. The van der Waals surface area contributed by atoms with Crippen LogP contribution in [-0.2, 0) is 6.18 Å². The number of nitrogens with zero attached hydrogens (tertiary/aromatic N) is 4. The van der Waals surface area contributed by atoms with Gasteiger partial charge in [-0.2, -0.15) is 18.1 Å². The summed E-state index contributed by atoms with van der Waals surface area (Å²) in [7, 11) is 2.03. The third-order valence-corrected chi connectivity index (χ3v) is 4.82. The number of fused-ring (bicyclic) bond motifs is 3. The highest BCUT2D eigenvalue weighted by atomic mass is 19.4. The molecule has 0 aromatic heterocycles. The minimum Gasteiger partial charge on any atom is -0.355 e.